The van der Waals surface area contributed by atoms with Crippen LogP contribution >= 0.6 is 0 Å². The first-order chi connectivity index (χ1) is 8.73. The second-order valence-corrected chi connectivity index (χ2v) is 6.82. The topological polar surface area (TPSA) is 81.4 Å². The molecule has 5 nitrogen and oxygen atoms in total. The fourth-order valence-electron chi connectivity index (χ4n) is 1.98. The van der Waals surface area contributed by atoms with Gasteiger partial charge in [0.05, 0.1) is 17.0 Å². The van der Waals surface area contributed by atoms with E-state index in [2.05, 4.69) is 4.72 Å². The van der Waals surface area contributed by atoms with Crippen molar-refractivity contribution in [1.82, 2.24) is 4.72 Å². The maximum absolute atomic E-state index is 12.4. The van der Waals surface area contributed by atoms with E-state index < -0.39 is 15.6 Å². The summed E-state index contributed by atoms with van der Waals surface area (Å²) in [6.07, 6.45) is 0. The highest BCUT2D eigenvalue weighted by Gasteiger charge is 2.27. The number of hydrogen-bond acceptors (Lipinski definition) is 4. The van der Waals surface area contributed by atoms with E-state index in [9.17, 15) is 8.42 Å². The minimum atomic E-state index is -3.59. The van der Waals surface area contributed by atoms with Crippen LogP contribution in [-0.2, 0) is 21.3 Å². The summed E-state index contributed by atoms with van der Waals surface area (Å²) in [5.41, 5.74) is 6.45. The summed E-state index contributed by atoms with van der Waals surface area (Å²) in [4.78, 5) is 0.264. The number of methoxy groups -OCH3 is 1. The van der Waals surface area contributed by atoms with Crippen molar-refractivity contribution in [2.45, 2.75) is 37.8 Å². The average Bonchev–Trinajstić information content (AvgIpc) is 2.27. The predicted octanol–water partition coefficient (Wildman–Crippen LogP) is 1.16. The smallest absolute Gasteiger partial charge is 0.241 e. The normalized spacial score (nSPS) is 12.7. The van der Waals surface area contributed by atoms with Crippen LogP contribution in [0, 0.1) is 6.92 Å². The van der Waals surface area contributed by atoms with E-state index in [1.807, 2.05) is 6.07 Å². The molecule has 0 radical (unpaired) electrons. The molecule has 0 amide bonds. The van der Waals surface area contributed by atoms with Crippen molar-refractivity contribution in [1.29, 1.82) is 0 Å². The number of rotatable bonds is 6. The lowest BCUT2D eigenvalue weighted by Gasteiger charge is -2.25. The summed E-state index contributed by atoms with van der Waals surface area (Å²) in [6, 6.07) is 5.11. The van der Waals surface area contributed by atoms with Crippen LogP contribution in [0.25, 0.3) is 0 Å². The molecule has 0 bridgehead atoms. The van der Waals surface area contributed by atoms with Crippen molar-refractivity contribution in [2.75, 3.05) is 13.7 Å². The van der Waals surface area contributed by atoms with Crippen molar-refractivity contribution in [3.05, 3.63) is 29.3 Å². The van der Waals surface area contributed by atoms with E-state index in [0.717, 1.165) is 5.56 Å². The minimum absolute atomic E-state index is 0.264. The Morgan fingerprint density at radius 3 is 2.53 bits per heavy atom. The molecule has 6 heteroatoms. The van der Waals surface area contributed by atoms with Crippen molar-refractivity contribution in [3.8, 4) is 0 Å². The molecule has 108 valence electrons. The summed E-state index contributed by atoms with van der Waals surface area (Å²) in [7, 11) is -2.05. The first kappa shape index (κ1) is 16.1. The van der Waals surface area contributed by atoms with E-state index in [1.165, 1.54) is 7.11 Å². The molecule has 0 aliphatic carbocycles. The number of nitrogens with one attached hydrogen (secondary N) is 1. The highest BCUT2D eigenvalue weighted by molar-refractivity contribution is 7.89. The van der Waals surface area contributed by atoms with Crippen LogP contribution in [0.1, 0.15) is 25.0 Å². The van der Waals surface area contributed by atoms with Gasteiger partial charge >= 0.3 is 0 Å². The summed E-state index contributed by atoms with van der Waals surface area (Å²) >= 11 is 0. The van der Waals surface area contributed by atoms with Gasteiger partial charge < -0.3 is 10.5 Å². The number of benzene rings is 1. The summed E-state index contributed by atoms with van der Waals surface area (Å²) in [5, 5.41) is 0. The fraction of sp³-hybridized carbons (Fsp3) is 0.538. The van der Waals surface area contributed by atoms with Crippen LogP contribution in [0.5, 0.6) is 0 Å². The van der Waals surface area contributed by atoms with E-state index in [4.69, 9.17) is 10.5 Å². The highest BCUT2D eigenvalue weighted by Crippen LogP contribution is 2.20. The Hall–Kier alpha value is -0.950. The van der Waals surface area contributed by atoms with Gasteiger partial charge in [-0.2, -0.15) is 0 Å². The zero-order chi connectivity index (χ0) is 14.7. The van der Waals surface area contributed by atoms with Gasteiger partial charge in [0.1, 0.15) is 0 Å². The van der Waals surface area contributed by atoms with E-state index in [1.54, 1.807) is 32.9 Å². The van der Waals surface area contributed by atoms with Gasteiger partial charge in [0.15, 0.2) is 0 Å². The predicted molar refractivity (Wildman–Crippen MR) is 75.3 cm³/mol. The molecule has 1 aromatic carbocycles. The van der Waals surface area contributed by atoms with Gasteiger partial charge in [0.25, 0.3) is 0 Å². The van der Waals surface area contributed by atoms with Crippen LogP contribution in [0.2, 0.25) is 0 Å². The Balaban J connectivity index is 3.15. The highest BCUT2D eigenvalue weighted by atomic mass is 32.2. The van der Waals surface area contributed by atoms with Crippen LogP contribution in [0.3, 0.4) is 0 Å². The first-order valence-electron chi connectivity index (χ1n) is 6.05. The molecule has 3 N–H and O–H groups in total. The molecule has 1 aromatic rings. The number of ether oxygens (including phenoxy) is 1. The third-order valence-corrected chi connectivity index (χ3v) is 4.66. The van der Waals surface area contributed by atoms with Gasteiger partial charge in [0.2, 0.25) is 10.0 Å². The molecular weight excluding hydrogens is 264 g/mol. The zero-order valence-electron chi connectivity index (χ0n) is 11.9. The maximum Gasteiger partial charge on any atom is 0.241 e. The largest absolute Gasteiger partial charge is 0.383 e. The lowest BCUT2D eigenvalue weighted by atomic mass is 10.1. The molecule has 0 atom stereocenters. The van der Waals surface area contributed by atoms with Crippen molar-refractivity contribution >= 4 is 10.0 Å². The van der Waals surface area contributed by atoms with Gasteiger partial charge in [-0.1, -0.05) is 12.1 Å². The molecule has 0 heterocycles. The van der Waals surface area contributed by atoms with Crippen LogP contribution in [0.4, 0.5) is 0 Å². The van der Waals surface area contributed by atoms with Gasteiger partial charge in [-0.3, -0.25) is 0 Å². The molecule has 1 rings (SSSR count). The van der Waals surface area contributed by atoms with Gasteiger partial charge in [-0.25, -0.2) is 13.1 Å². The maximum atomic E-state index is 12.4. The zero-order valence-corrected chi connectivity index (χ0v) is 12.7. The Bertz CT molecular complexity index is 539. The number of sulfonamides is 1. The van der Waals surface area contributed by atoms with Gasteiger partial charge in [0, 0.05) is 13.7 Å². The molecule has 0 aliphatic heterocycles. The standard InChI is InChI=1S/C13H22N2O3S/c1-10-11(8-14)6-5-7-12(10)19(16,17)15-13(2,3)9-18-4/h5-7,15H,8-9,14H2,1-4H3. The molecule has 0 saturated heterocycles. The Morgan fingerprint density at radius 1 is 1.37 bits per heavy atom. The van der Waals surface area contributed by atoms with Gasteiger partial charge in [-0.05, 0) is 38.0 Å². The van der Waals surface area contributed by atoms with Crippen molar-refractivity contribution < 1.29 is 13.2 Å². The van der Waals surface area contributed by atoms with Crippen LogP contribution in [0.15, 0.2) is 23.1 Å². The second kappa shape index (κ2) is 6.00. The molecule has 0 saturated carbocycles. The van der Waals surface area contributed by atoms with Crippen LogP contribution in [-0.4, -0.2) is 27.7 Å². The van der Waals surface area contributed by atoms with Crippen LogP contribution < -0.4 is 10.5 Å². The molecule has 0 fully saturated rings. The first-order valence-corrected chi connectivity index (χ1v) is 7.53. The molecular formula is C13H22N2O3S. The molecule has 0 aromatic heterocycles. The third-order valence-electron chi connectivity index (χ3n) is 2.82. The van der Waals surface area contributed by atoms with E-state index in [0.29, 0.717) is 18.7 Å². The monoisotopic (exact) mass is 286 g/mol. The number of hydrogen-bond donors (Lipinski definition) is 2. The summed E-state index contributed by atoms with van der Waals surface area (Å²) in [6.45, 7) is 5.92. The van der Waals surface area contributed by atoms with E-state index >= 15 is 0 Å². The Kier molecular flexibility index (Phi) is 5.09. The second-order valence-electron chi connectivity index (χ2n) is 5.17. The Morgan fingerprint density at radius 2 is 2.00 bits per heavy atom. The lowest BCUT2D eigenvalue weighted by molar-refractivity contribution is 0.141. The quantitative estimate of drug-likeness (QED) is 0.822. The molecule has 19 heavy (non-hydrogen) atoms. The molecule has 0 aliphatic rings. The average molecular weight is 286 g/mol. The van der Waals surface area contributed by atoms with Gasteiger partial charge in [-0.15, -0.1) is 0 Å². The molecule has 0 spiro atoms. The van der Waals surface area contributed by atoms with Crippen molar-refractivity contribution in [2.24, 2.45) is 5.73 Å². The lowest BCUT2D eigenvalue weighted by Crippen LogP contribution is -2.46. The summed E-state index contributed by atoms with van der Waals surface area (Å²) < 4.78 is 32.5. The minimum Gasteiger partial charge on any atom is -0.383 e. The number of nitrogens with two attached hydrogens (primary N) is 1. The fourth-order valence-corrected chi connectivity index (χ4v) is 3.67. The SMILES string of the molecule is COCC(C)(C)NS(=O)(=O)c1cccc(CN)c1C. The van der Waals surface area contributed by atoms with E-state index in [-0.39, 0.29) is 4.90 Å². The molecule has 0 unspecified atom stereocenters. The summed E-state index contributed by atoms with van der Waals surface area (Å²) in [5.74, 6) is 0. The Labute approximate surface area is 115 Å². The third kappa shape index (κ3) is 4.01. The van der Waals surface area contributed by atoms with Crippen molar-refractivity contribution in [3.63, 3.8) is 0 Å².